The Balaban J connectivity index is 1.96. The Hall–Kier alpha value is -0.870. The summed E-state index contributed by atoms with van der Waals surface area (Å²) < 4.78 is 7.76. The molecule has 17 heavy (non-hydrogen) atoms. The molecule has 0 amide bonds. The maximum atomic E-state index is 5.78. The van der Waals surface area contributed by atoms with Crippen molar-refractivity contribution < 1.29 is 4.74 Å². The average molecular weight is 237 g/mol. The van der Waals surface area contributed by atoms with Gasteiger partial charge in [0.25, 0.3) is 0 Å². The van der Waals surface area contributed by atoms with E-state index in [1.54, 1.807) is 0 Å². The maximum absolute atomic E-state index is 5.78. The van der Waals surface area contributed by atoms with Gasteiger partial charge >= 0.3 is 0 Å². The molecule has 4 nitrogen and oxygen atoms in total. The molecule has 1 aromatic heterocycles. The number of nitrogens with zero attached hydrogens (tertiary/aromatic N) is 2. The Kier molecular flexibility index (Phi) is 4.57. The molecule has 1 saturated heterocycles. The number of aromatic nitrogens is 2. The molecule has 0 aromatic carbocycles. The van der Waals surface area contributed by atoms with Gasteiger partial charge in [-0.1, -0.05) is 6.92 Å². The fourth-order valence-corrected chi connectivity index (χ4v) is 2.46. The molecule has 2 heterocycles. The van der Waals surface area contributed by atoms with Crippen LogP contribution in [0.25, 0.3) is 0 Å². The Labute approximate surface area is 103 Å². The van der Waals surface area contributed by atoms with Crippen molar-refractivity contribution in [3.8, 4) is 0 Å². The van der Waals surface area contributed by atoms with Gasteiger partial charge in [0, 0.05) is 25.4 Å². The van der Waals surface area contributed by atoms with E-state index >= 15 is 0 Å². The van der Waals surface area contributed by atoms with Gasteiger partial charge in [-0.05, 0) is 38.3 Å². The first-order valence-electron chi connectivity index (χ1n) is 6.69. The lowest BCUT2D eigenvalue weighted by Crippen LogP contribution is -2.41. The number of nitrogens with one attached hydrogen (secondary N) is 1. The molecular weight excluding hydrogens is 214 g/mol. The van der Waals surface area contributed by atoms with E-state index in [0.29, 0.717) is 12.1 Å². The molecule has 1 fully saturated rings. The number of ether oxygens (including phenoxy) is 1. The summed E-state index contributed by atoms with van der Waals surface area (Å²) in [6.45, 7) is 7.11. The summed E-state index contributed by atoms with van der Waals surface area (Å²) >= 11 is 0. The molecule has 2 unspecified atom stereocenters. The number of rotatable bonds is 6. The third-order valence-electron chi connectivity index (χ3n) is 3.35. The van der Waals surface area contributed by atoms with Crippen LogP contribution in [0.5, 0.6) is 0 Å². The van der Waals surface area contributed by atoms with E-state index in [9.17, 15) is 0 Å². The molecule has 2 rings (SSSR count). The summed E-state index contributed by atoms with van der Waals surface area (Å²) in [6.07, 6.45) is 7.88. The van der Waals surface area contributed by atoms with E-state index in [1.165, 1.54) is 18.4 Å². The second kappa shape index (κ2) is 6.17. The Morgan fingerprint density at radius 3 is 3.06 bits per heavy atom. The smallest absolute Gasteiger partial charge is 0.0732 e. The van der Waals surface area contributed by atoms with E-state index in [0.717, 1.165) is 26.1 Å². The molecule has 1 aliphatic heterocycles. The maximum Gasteiger partial charge on any atom is 0.0732 e. The van der Waals surface area contributed by atoms with Crippen molar-refractivity contribution >= 4 is 0 Å². The zero-order valence-corrected chi connectivity index (χ0v) is 10.9. The van der Waals surface area contributed by atoms with Gasteiger partial charge in [0.2, 0.25) is 0 Å². The second-order valence-corrected chi connectivity index (χ2v) is 4.62. The number of likely N-dealkylation sites (N-methyl/N-ethyl adjacent to an activating group) is 1. The van der Waals surface area contributed by atoms with Crippen LogP contribution in [-0.4, -0.2) is 35.1 Å². The normalized spacial score (nSPS) is 21.9. The minimum Gasteiger partial charge on any atom is -0.377 e. The van der Waals surface area contributed by atoms with Crippen molar-refractivity contribution in [1.29, 1.82) is 0 Å². The van der Waals surface area contributed by atoms with Crippen molar-refractivity contribution in [1.82, 2.24) is 15.1 Å². The largest absolute Gasteiger partial charge is 0.377 e. The topological polar surface area (TPSA) is 39.1 Å². The van der Waals surface area contributed by atoms with Gasteiger partial charge in [-0.3, -0.25) is 4.68 Å². The molecule has 0 saturated carbocycles. The molecule has 2 atom stereocenters. The van der Waals surface area contributed by atoms with E-state index in [2.05, 4.69) is 30.5 Å². The van der Waals surface area contributed by atoms with Crippen molar-refractivity contribution in [2.45, 2.75) is 51.8 Å². The lowest BCUT2D eigenvalue weighted by Gasteiger charge is -2.23. The van der Waals surface area contributed by atoms with Crippen LogP contribution < -0.4 is 5.32 Å². The van der Waals surface area contributed by atoms with Crippen LogP contribution in [-0.2, 0) is 17.7 Å². The minimum atomic E-state index is 0.375. The summed E-state index contributed by atoms with van der Waals surface area (Å²) in [7, 11) is 0. The monoisotopic (exact) mass is 237 g/mol. The first-order chi connectivity index (χ1) is 8.33. The van der Waals surface area contributed by atoms with Gasteiger partial charge < -0.3 is 10.1 Å². The number of hydrogen-bond acceptors (Lipinski definition) is 3. The summed E-state index contributed by atoms with van der Waals surface area (Å²) in [5, 5.41) is 7.86. The van der Waals surface area contributed by atoms with E-state index < -0.39 is 0 Å². The van der Waals surface area contributed by atoms with Crippen LogP contribution in [0.15, 0.2) is 12.4 Å². The molecule has 4 heteroatoms. The molecule has 1 N–H and O–H groups in total. The molecule has 0 bridgehead atoms. The highest BCUT2D eigenvalue weighted by molar-refractivity contribution is 5.07. The van der Waals surface area contributed by atoms with Gasteiger partial charge in [-0.2, -0.15) is 5.10 Å². The molecule has 0 spiro atoms. The first kappa shape index (κ1) is 12.6. The summed E-state index contributed by atoms with van der Waals surface area (Å²) in [5.74, 6) is 0. The van der Waals surface area contributed by atoms with Gasteiger partial charge in [-0.25, -0.2) is 0 Å². The van der Waals surface area contributed by atoms with Crippen LogP contribution in [0, 0.1) is 0 Å². The molecule has 96 valence electrons. The molecule has 0 radical (unpaired) electrons. The fourth-order valence-electron chi connectivity index (χ4n) is 2.46. The minimum absolute atomic E-state index is 0.375. The van der Waals surface area contributed by atoms with Crippen molar-refractivity contribution in [2.24, 2.45) is 0 Å². The van der Waals surface area contributed by atoms with E-state index in [1.807, 2.05) is 10.9 Å². The predicted molar refractivity (Wildman–Crippen MR) is 68.0 cm³/mol. The number of hydrogen-bond donors (Lipinski definition) is 1. The lowest BCUT2D eigenvalue weighted by molar-refractivity contribution is 0.0789. The third kappa shape index (κ3) is 3.30. The van der Waals surface area contributed by atoms with Crippen molar-refractivity contribution in [3.63, 3.8) is 0 Å². The van der Waals surface area contributed by atoms with Crippen molar-refractivity contribution in [3.05, 3.63) is 18.0 Å². The summed E-state index contributed by atoms with van der Waals surface area (Å²) in [6, 6.07) is 0.428. The number of aryl methyl sites for hydroxylation is 1. The van der Waals surface area contributed by atoms with Crippen LogP contribution in [0.3, 0.4) is 0 Å². The Morgan fingerprint density at radius 2 is 2.47 bits per heavy atom. The average Bonchev–Trinajstić information content (AvgIpc) is 2.99. The van der Waals surface area contributed by atoms with E-state index in [-0.39, 0.29) is 0 Å². The highest BCUT2D eigenvalue weighted by Gasteiger charge is 2.25. The first-order valence-corrected chi connectivity index (χ1v) is 6.69. The molecule has 1 aliphatic rings. The molecular formula is C13H23N3O. The van der Waals surface area contributed by atoms with Crippen LogP contribution in [0.2, 0.25) is 0 Å². The van der Waals surface area contributed by atoms with Crippen LogP contribution in [0.1, 0.15) is 32.3 Å². The van der Waals surface area contributed by atoms with Crippen LogP contribution >= 0.6 is 0 Å². The zero-order valence-electron chi connectivity index (χ0n) is 10.9. The Bertz CT molecular complexity index is 331. The SMILES string of the molecule is CCNC(Cc1cnn(CC)c1)C1CCCO1. The second-order valence-electron chi connectivity index (χ2n) is 4.62. The highest BCUT2D eigenvalue weighted by atomic mass is 16.5. The Morgan fingerprint density at radius 1 is 1.59 bits per heavy atom. The van der Waals surface area contributed by atoms with Gasteiger partial charge in [0.05, 0.1) is 12.3 Å². The quantitative estimate of drug-likeness (QED) is 0.817. The molecule has 1 aromatic rings. The zero-order chi connectivity index (χ0) is 12.1. The third-order valence-corrected chi connectivity index (χ3v) is 3.35. The standard InChI is InChI=1S/C13H23N3O/c1-3-14-12(13-6-5-7-17-13)8-11-9-15-16(4-2)10-11/h9-10,12-14H,3-8H2,1-2H3. The van der Waals surface area contributed by atoms with Gasteiger partial charge in [-0.15, -0.1) is 0 Å². The van der Waals surface area contributed by atoms with Gasteiger partial charge in [0.1, 0.15) is 0 Å². The fraction of sp³-hybridized carbons (Fsp3) is 0.769. The molecule has 0 aliphatic carbocycles. The lowest BCUT2D eigenvalue weighted by atomic mass is 10.0. The van der Waals surface area contributed by atoms with Gasteiger partial charge in [0.15, 0.2) is 0 Å². The predicted octanol–water partition coefficient (Wildman–Crippen LogP) is 1.60. The highest BCUT2D eigenvalue weighted by Crippen LogP contribution is 2.18. The summed E-state index contributed by atoms with van der Waals surface area (Å²) in [4.78, 5) is 0. The van der Waals surface area contributed by atoms with Crippen molar-refractivity contribution in [2.75, 3.05) is 13.2 Å². The summed E-state index contributed by atoms with van der Waals surface area (Å²) in [5.41, 5.74) is 1.30. The van der Waals surface area contributed by atoms with Crippen LogP contribution in [0.4, 0.5) is 0 Å². The van der Waals surface area contributed by atoms with E-state index in [4.69, 9.17) is 4.74 Å².